The van der Waals surface area contributed by atoms with Gasteiger partial charge in [0.1, 0.15) is 5.75 Å². The first-order chi connectivity index (χ1) is 9.97. The molecule has 2 N–H and O–H groups in total. The van der Waals surface area contributed by atoms with E-state index in [2.05, 4.69) is 0 Å². The van der Waals surface area contributed by atoms with Gasteiger partial charge in [-0.1, -0.05) is 6.07 Å². The number of nitrogens with zero attached hydrogens (tertiary/aromatic N) is 1. The molecule has 5 nitrogen and oxygen atoms in total. The minimum Gasteiger partial charge on any atom is -0.507 e. The van der Waals surface area contributed by atoms with Crippen molar-refractivity contribution < 1.29 is 19.8 Å². The van der Waals surface area contributed by atoms with E-state index in [0.29, 0.717) is 25.1 Å². The minimum absolute atomic E-state index is 0.00709. The van der Waals surface area contributed by atoms with Crippen LogP contribution in [-0.2, 0) is 4.79 Å². The highest BCUT2D eigenvalue weighted by atomic mass is 16.4. The molecule has 1 aromatic carbocycles. The lowest BCUT2D eigenvalue weighted by Gasteiger charge is -2.32. The maximum Gasteiger partial charge on any atom is 0.303 e. The fourth-order valence-electron chi connectivity index (χ4n) is 2.81. The van der Waals surface area contributed by atoms with Crippen molar-refractivity contribution >= 4 is 11.9 Å². The Hall–Kier alpha value is -2.04. The van der Waals surface area contributed by atoms with E-state index < -0.39 is 5.97 Å². The Bertz CT molecular complexity index is 541. The van der Waals surface area contributed by atoms with Gasteiger partial charge >= 0.3 is 5.97 Å². The molecule has 1 aliphatic heterocycles. The van der Waals surface area contributed by atoms with Crippen LogP contribution in [0.25, 0.3) is 0 Å². The van der Waals surface area contributed by atoms with Gasteiger partial charge in [-0.05, 0) is 49.8 Å². The summed E-state index contributed by atoms with van der Waals surface area (Å²) in [5.74, 6) is -0.735. The molecule has 0 saturated carbocycles. The van der Waals surface area contributed by atoms with Gasteiger partial charge in [0.15, 0.2) is 0 Å². The van der Waals surface area contributed by atoms with Crippen LogP contribution in [0.15, 0.2) is 18.2 Å². The van der Waals surface area contributed by atoms with Crippen molar-refractivity contribution in [1.29, 1.82) is 0 Å². The SMILES string of the molecule is Cc1ccc(C(=O)N2CCC[C@H](CCC(=O)O)C2)c(O)c1. The van der Waals surface area contributed by atoms with Crippen molar-refractivity contribution in [2.75, 3.05) is 13.1 Å². The van der Waals surface area contributed by atoms with Crippen molar-refractivity contribution in [3.63, 3.8) is 0 Å². The third-order valence-corrected chi connectivity index (χ3v) is 3.96. The van der Waals surface area contributed by atoms with E-state index >= 15 is 0 Å². The molecule has 0 aliphatic carbocycles. The van der Waals surface area contributed by atoms with Crippen molar-refractivity contribution in [3.05, 3.63) is 29.3 Å². The summed E-state index contributed by atoms with van der Waals surface area (Å²) in [5.41, 5.74) is 1.22. The highest BCUT2D eigenvalue weighted by molar-refractivity contribution is 5.97. The number of carboxylic acid groups (broad SMARTS) is 1. The van der Waals surface area contributed by atoms with Crippen LogP contribution >= 0.6 is 0 Å². The van der Waals surface area contributed by atoms with E-state index in [9.17, 15) is 14.7 Å². The third kappa shape index (κ3) is 3.97. The maximum absolute atomic E-state index is 12.5. The van der Waals surface area contributed by atoms with E-state index in [1.807, 2.05) is 6.92 Å². The van der Waals surface area contributed by atoms with E-state index in [0.717, 1.165) is 18.4 Å². The minimum atomic E-state index is -0.797. The standard InChI is InChI=1S/C16H21NO4/c1-11-4-6-13(14(18)9-11)16(21)17-8-2-3-12(10-17)5-7-15(19)20/h4,6,9,12,18H,2-3,5,7-8,10H2,1H3,(H,19,20)/t12-/m1/s1. The first-order valence-electron chi connectivity index (χ1n) is 7.28. The molecule has 1 heterocycles. The average molecular weight is 291 g/mol. The predicted molar refractivity (Wildman–Crippen MR) is 78.3 cm³/mol. The Labute approximate surface area is 124 Å². The molecule has 2 rings (SSSR count). The molecule has 0 aromatic heterocycles. The Morgan fingerprint density at radius 2 is 2.14 bits per heavy atom. The van der Waals surface area contributed by atoms with Crippen molar-refractivity contribution in [3.8, 4) is 5.75 Å². The van der Waals surface area contributed by atoms with E-state index in [-0.39, 0.29) is 24.0 Å². The summed E-state index contributed by atoms with van der Waals surface area (Å²) < 4.78 is 0. The van der Waals surface area contributed by atoms with Crippen molar-refractivity contribution in [1.82, 2.24) is 4.90 Å². The summed E-state index contributed by atoms with van der Waals surface area (Å²) in [6, 6.07) is 5.03. The number of carbonyl (C=O) groups is 2. The summed E-state index contributed by atoms with van der Waals surface area (Å²) in [6.07, 6.45) is 2.57. The number of aliphatic carboxylic acids is 1. The van der Waals surface area contributed by atoms with Crippen LogP contribution in [0.5, 0.6) is 5.75 Å². The largest absolute Gasteiger partial charge is 0.507 e. The second-order valence-electron chi connectivity index (χ2n) is 5.71. The van der Waals surface area contributed by atoms with Crippen molar-refractivity contribution in [2.24, 2.45) is 5.92 Å². The van der Waals surface area contributed by atoms with Crippen molar-refractivity contribution in [2.45, 2.75) is 32.6 Å². The summed E-state index contributed by atoms with van der Waals surface area (Å²) in [6.45, 7) is 3.09. The Morgan fingerprint density at radius 1 is 1.38 bits per heavy atom. The molecule has 21 heavy (non-hydrogen) atoms. The normalized spacial score (nSPS) is 18.5. The number of aryl methyl sites for hydroxylation is 1. The number of rotatable bonds is 4. The van der Waals surface area contributed by atoms with Gasteiger partial charge in [-0.25, -0.2) is 0 Å². The molecule has 0 spiro atoms. The molecule has 5 heteroatoms. The van der Waals surface area contributed by atoms with Gasteiger partial charge in [0.05, 0.1) is 5.56 Å². The lowest BCUT2D eigenvalue weighted by atomic mass is 9.93. The first kappa shape index (κ1) is 15.4. The second kappa shape index (κ2) is 6.61. The third-order valence-electron chi connectivity index (χ3n) is 3.96. The molecule has 1 fully saturated rings. The smallest absolute Gasteiger partial charge is 0.303 e. The van der Waals surface area contributed by atoms with Gasteiger partial charge in [-0.3, -0.25) is 9.59 Å². The van der Waals surface area contributed by atoms with Gasteiger partial charge in [0.25, 0.3) is 5.91 Å². The first-order valence-corrected chi connectivity index (χ1v) is 7.28. The predicted octanol–water partition coefficient (Wildman–Crippen LogP) is 2.42. The Balaban J connectivity index is 2.03. The van der Waals surface area contributed by atoms with Gasteiger partial charge in [0.2, 0.25) is 0 Å². The summed E-state index contributed by atoms with van der Waals surface area (Å²) in [4.78, 5) is 24.8. The monoisotopic (exact) mass is 291 g/mol. The van der Waals surface area contributed by atoms with Crippen LogP contribution < -0.4 is 0 Å². The molecule has 0 bridgehead atoms. The number of carbonyl (C=O) groups excluding carboxylic acids is 1. The lowest BCUT2D eigenvalue weighted by molar-refractivity contribution is -0.137. The van der Waals surface area contributed by atoms with Crippen LogP contribution in [0.2, 0.25) is 0 Å². The number of phenols is 1. The molecule has 1 aliphatic rings. The quantitative estimate of drug-likeness (QED) is 0.893. The average Bonchev–Trinajstić information content (AvgIpc) is 2.45. The number of amides is 1. The zero-order valence-corrected chi connectivity index (χ0v) is 12.2. The zero-order chi connectivity index (χ0) is 15.4. The Morgan fingerprint density at radius 3 is 2.81 bits per heavy atom. The molecule has 1 atom stereocenters. The second-order valence-corrected chi connectivity index (χ2v) is 5.71. The van der Waals surface area contributed by atoms with E-state index in [1.54, 1.807) is 23.1 Å². The molecule has 1 amide bonds. The highest BCUT2D eigenvalue weighted by Gasteiger charge is 2.26. The van der Waals surface area contributed by atoms with Crippen LogP contribution in [0.4, 0.5) is 0 Å². The lowest BCUT2D eigenvalue weighted by Crippen LogP contribution is -2.40. The number of hydrogen-bond acceptors (Lipinski definition) is 3. The number of likely N-dealkylation sites (tertiary alicyclic amines) is 1. The van der Waals surface area contributed by atoms with Crippen LogP contribution in [0.3, 0.4) is 0 Å². The van der Waals surface area contributed by atoms with Gasteiger partial charge < -0.3 is 15.1 Å². The van der Waals surface area contributed by atoms with Crippen LogP contribution in [-0.4, -0.2) is 40.1 Å². The van der Waals surface area contributed by atoms with Crippen LogP contribution in [0.1, 0.15) is 41.6 Å². The van der Waals surface area contributed by atoms with Crippen LogP contribution in [0, 0.1) is 12.8 Å². The topological polar surface area (TPSA) is 77.8 Å². The molecule has 1 saturated heterocycles. The maximum atomic E-state index is 12.5. The van der Waals surface area contributed by atoms with E-state index in [1.165, 1.54) is 0 Å². The summed E-state index contributed by atoms with van der Waals surface area (Å²) in [5, 5.41) is 18.7. The zero-order valence-electron chi connectivity index (χ0n) is 12.2. The number of hydrogen-bond donors (Lipinski definition) is 2. The number of phenolic OH excluding ortho intramolecular Hbond substituents is 1. The Kier molecular flexibility index (Phi) is 4.83. The number of carboxylic acids is 1. The van der Waals surface area contributed by atoms with Gasteiger partial charge in [-0.15, -0.1) is 0 Å². The highest BCUT2D eigenvalue weighted by Crippen LogP contribution is 2.25. The summed E-state index contributed by atoms with van der Waals surface area (Å²) in [7, 11) is 0. The molecule has 0 radical (unpaired) electrons. The fourth-order valence-corrected chi connectivity index (χ4v) is 2.81. The van der Waals surface area contributed by atoms with E-state index in [4.69, 9.17) is 5.11 Å². The number of aromatic hydroxyl groups is 1. The van der Waals surface area contributed by atoms with Gasteiger partial charge in [0, 0.05) is 19.5 Å². The molecule has 114 valence electrons. The number of piperidine rings is 1. The molecule has 1 aromatic rings. The molecular formula is C16H21NO4. The van der Waals surface area contributed by atoms with Gasteiger partial charge in [-0.2, -0.15) is 0 Å². The molecule has 0 unspecified atom stereocenters. The summed E-state index contributed by atoms with van der Waals surface area (Å²) >= 11 is 0. The number of benzene rings is 1. The molecular weight excluding hydrogens is 270 g/mol. The fraction of sp³-hybridized carbons (Fsp3) is 0.500.